The van der Waals surface area contributed by atoms with Gasteiger partial charge in [0.2, 0.25) is 11.8 Å². The molecule has 1 aromatic heterocycles. The first-order valence-electron chi connectivity index (χ1n) is 7.82. The molecule has 1 aromatic rings. The van der Waals surface area contributed by atoms with Crippen LogP contribution in [-0.4, -0.2) is 16.0 Å². The average molecular weight is 281 g/mol. The fourth-order valence-electron chi connectivity index (χ4n) is 2.13. The maximum atomic E-state index is 11.6. The highest BCUT2D eigenvalue weighted by Gasteiger charge is 2.06. The van der Waals surface area contributed by atoms with Crippen LogP contribution in [0.25, 0.3) is 0 Å². The van der Waals surface area contributed by atoms with E-state index in [9.17, 15) is 4.79 Å². The number of anilines is 1. The molecule has 0 atom stereocenters. The lowest BCUT2D eigenvalue weighted by Crippen LogP contribution is -2.12. The van der Waals surface area contributed by atoms with Gasteiger partial charge in [-0.1, -0.05) is 58.3 Å². The van der Waals surface area contributed by atoms with E-state index in [1.54, 1.807) is 6.92 Å². The summed E-state index contributed by atoms with van der Waals surface area (Å²) in [6.07, 6.45) is 11.8. The van der Waals surface area contributed by atoms with E-state index >= 15 is 0 Å². The van der Waals surface area contributed by atoms with E-state index in [2.05, 4.69) is 22.4 Å². The number of rotatable bonds is 11. The van der Waals surface area contributed by atoms with Gasteiger partial charge >= 0.3 is 0 Å². The maximum Gasteiger partial charge on any atom is 0.270 e. The van der Waals surface area contributed by atoms with Crippen LogP contribution in [-0.2, 0) is 4.79 Å². The van der Waals surface area contributed by atoms with Crippen molar-refractivity contribution in [1.82, 2.24) is 10.1 Å². The summed E-state index contributed by atoms with van der Waals surface area (Å²) in [5.41, 5.74) is 0. The van der Waals surface area contributed by atoms with E-state index < -0.39 is 0 Å². The van der Waals surface area contributed by atoms with Crippen LogP contribution in [0.3, 0.4) is 0 Å². The quantitative estimate of drug-likeness (QED) is 0.616. The minimum atomic E-state index is -0.0336. The third-order valence-electron chi connectivity index (χ3n) is 3.29. The van der Waals surface area contributed by atoms with E-state index in [1.807, 2.05) is 0 Å². The Morgan fingerprint density at radius 1 is 1.05 bits per heavy atom. The summed E-state index contributed by atoms with van der Waals surface area (Å²) in [6.45, 7) is 3.93. The molecule has 0 fully saturated rings. The lowest BCUT2D eigenvalue weighted by Gasteiger charge is -2.02. The van der Waals surface area contributed by atoms with Crippen LogP contribution < -0.4 is 5.32 Å². The van der Waals surface area contributed by atoms with Crippen LogP contribution in [0.2, 0.25) is 0 Å². The fourth-order valence-corrected chi connectivity index (χ4v) is 2.13. The van der Waals surface area contributed by atoms with Crippen molar-refractivity contribution in [1.29, 1.82) is 0 Å². The summed E-state index contributed by atoms with van der Waals surface area (Å²) >= 11 is 0. The average Bonchev–Trinajstić information content (AvgIpc) is 2.82. The van der Waals surface area contributed by atoms with Crippen molar-refractivity contribution in [3.05, 3.63) is 5.89 Å². The van der Waals surface area contributed by atoms with Crippen molar-refractivity contribution in [2.45, 2.75) is 78.1 Å². The molecule has 20 heavy (non-hydrogen) atoms. The summed E-state index contributed by atoms with van der Waals surface area (Å²) in [7, 11) is 0. The molecule has 114 valence electrons. The summed E-state index contributed by atoms with van der Waals surface area (Å²) in [6, 6.07) is 0. The van der Waals surface area contributed by atoms with Crippen molar-refractivity contribution >= 4 is 11.9 Å². The number of carbonyl (C=O) groups is 1. The zero-order valence-electron chi connectivity index (χ0n) is 12.8. The first kappa shape index (κ1) is 16.7. The van der Waals surface area contributed by atoms with Gasteiger partial charge < -0.3 is 4.52 Å². The number of hydrogen-bond donors (Lipinski definition) is 1. The Morgan fingerprint density at radius 3 is 2.20 bits per heavy atom. The molecule has 0 radical (unpaired) electrons. The predicted molar refractivity (Wildman–Crippen MR) is 79.5 cm³/mol. The van der Waals surface area contributed by atoms with Crippen LogP contribution >= 0.6 is 0 Å². The maximum absolute atomic E-state index is 11.6. The highest BCUT2D eigenvalue weighted by Crippen LogP contribution is 2.11. The molecule has 1 rings (SSSR count). The fraction of sp³-hybridized carbons (Fsp3) is 0.800. The van der Waals surface area contributed by atoms with Crippen LogP contribution in [0.5, 0.6) is 0 Å². The Labute approximate surface area is 121 Å². The van der Waals surface area contributed by atoms with Gasteiger partial charge in [-0.2, -0.15) is 4.98 Å². The van der Waals surface area contributed by atoms with Gasteiger partial charge in [0, 0.05) is 13.3 Å². The molecular weight excluding hydrogens is 254 g/mol. The van der Waals surface area contributed by atoms with Gasteiger partial charge in [-0.05, 0) is 11.6 Å². The zero-order valence-corrected chi connectivity index (χ0v) is 12.8. The molecule has 0 aliphatic carbocycles. The van der Waals surface area contributed by atoms with E-state index in [1.165, 1.54) is 44.9 Å². The molecule has 0 aromatic carbocycles. The molecule has 0 aliphatic rings. The molecule has 1 heterocycles. The van der Waals surface area contributed by atoms with Crippen LogP contribution in [0.15, 0.2) is 4.52 Å². The number of nitrogens with one attached hydrogen (secondary N) is 1. The number of aromatic nitrogens is 2. The standard InChI is InChI=1S/C15H27N3O2/c1-3-4-5-6-7-8-9-10-11-12-14(19)17-15-16-13(2)20-18-15/h3-12H2,1-2H3,(H,17,18,19). The Hall–Kier alpha value is -1.39. The number of hydrogen-bond acceptors (Lipinski definition) is 4. The van der Waals surface area contributed by atoms with Gasteiger partial charge in [-0.25, -0.2) is 0 Å². The molecule has 0 aliphatic heterocycles. The smallest absolute Gasteiger partial charge is 0.270 e. The molecule has 0 unspecified atom stereocenters. The van der Waals surface area contributed by atoms with Crippen molar-refractivity contribution < 1.29 is 9.32 Å². The normalized spacial score (nSPS) is 10.7. The summed E-state index contributed by atoms with van der Waals surface area (Å²) in [5.74, 6) is 0.695. The molecule has 1 N–H and O–H groups in total. The molecule has 0 saturated heterocycles. The molecule has 5 nitrogen and oxygen atoms in total. The van der Waals surface area contributed by atoms with Crippen molar-refractivity contribution in [2.24, 2.45) is 0 Å². The third kappa shape index (κ3) is 7.92. The largest absolute Gasteiger partial charge is 0.338 e. The first-order chi connectivity index (χ1) is 9.72. The van der Waals surface area contributed by atoms with E-state index in [-0.39, 0.29) is 11.9 Å². The number of unbranched alkanes of at least 4 members (excludes halogenated alkanes) is 8. The minimum Gasteiger partial charge on any atom is -0.338 e. The van der Waals surface area contributed by atoms with Gasteiger partial charge in [-0.15, -0.1) is 0 Å². The summed E-state index contributed by atoms with van der Waals surface area (Å²) in [4.78, 5) is 15.5. The Balaban J connectivity index is 1.92. The molecule has 5 heteroatoms. The lowest BCUT2D eigenvalue weighted by molar-refractivity contribution is -0.116. The van der Waals surface area contributed by atoms with Gasteiger partial charge in [0.1, 0.15) is 0 Å². The van der Waals surface area contributed by atoms with Crippen molar-refractivity contribution in [3.8, 4) is 0 Å². The van der Waals surface area contributed by atoms with Gasteiger partial charge in [-0.3, -0.25) is 10.1 Å². The SMILES string of the molecule is CCCCCCCCCCCC(=O)Nc1noc(C)n1. The van der Waals surface area contributed by atoms with Crippen LogP contribution in [0.1, 0.15) is 77.0 Å². The van der Waals surface area contributed by atoms with Crippen LogP contribution in [0.4, 0.5) is 5.95 Å². The van der Waals surface area contributed by atoms with E-state index in [0.29, 0.717) is 12.3 Å². The minimum absolute atomic E-state index is 0.0336. The Kier molecular flexibility index (Phi) is 8.67. The molecular formula is C15H27N3O2. The second kappa shape index (κ2) is 10.4. The van der Waals surface area contributed by atoms with E-state index in [4.69, 9.17) is 4.52 Å². The second-order valence-corrected chi connectivity index (χ2v) is 5.26. The molecule has 1 amide bonds. The Morgan fingerprint density at radius 2 is 1.65 bits per heavy atom. The molecule has 0 spiro atoms. The Bertz CT molecular complexity index is 377. The lowest BCUT2D eigenvalue weighted by atomic mass is 10.1. The topological polar surface area (TPSA) is 68.0 Å². The van der Waals surface area contributed by atoms with Crippen LogP contribution in [0, 0.1) is 6.92 Å². The van der Waals surface area contributed by atoms with Gasteiger partial charge in [0.05, 0.1) is 0 Å². The second-order valence-electron chi connectivity index (χ2n) is 5.26. The summed E-state index contributed by atoms with van der Waals surface area (Å²) < 4.78 is 4.79. The number of carbonyl (C=O) groups excluding carboxylic acids is 1. The van der Waals surface area contributed by atoms with Crippen molar-refractivity contribution in [3.63, 3.8) is 0 Å². The highest BCUT2D eigenvalue weighted by molar-refractivity contribution is 5.88. The number of nitrogens with zero attached hydrogens (tertiary/aromatic N) is 2. The monoisotopic (exact) mass is 281 g/mol. The zero-order chi connectivity index (χ0) is 14.6. The third-order valence-corrected chi connectivity index (χ3v) is 3.29. The number of aryl methyl sites for hydroxylation is 1. The predicted octanol–water partition coefficient (Wildman–Crippen LogP) is 4.24. The highest BCUT2D eigenvalue weighted by atomic mass is 16.5. The number of amides is 1. The molecule has 0 saturated carbocycles. The van der Waals surface area contributed by atoms with Gasteiger partial charge in [0.15, 0.2) is 0 Å². The van der Waals surface area contributed by atoms with Crippen molar-refractivity contribution in [2.75, 3.05) is 5.32 Å². The first-order valence-corrected chi connectivity index (χ1v) is 7.82. The molecule has 0 bridgehead atoms. The van der Waals surface area contributed by atoms with E-state index in [0.717, 1.165) is 12.8 Å². The van der Waals surface area contributed by atoms with Gasteiger partial charge in [0.25, 0.3) is 5.95 Å². The summed E-state index contributed by atoms with van der Waals surface area (Å²) in [5, 5.41) is 6.26.